The van der Waals surface area contributed by atoms with Gasteiger partial charge in [-0.15, -0.1) is 23.2 Å². The number of hydrogen-bond donors (Lipinski definition) is 8. The van der Waals surface area contributed by atoms with Crippen molar-refractivity contribution in [1.82, 2.24) is 36.8 Å². The van der Waals surface area contributed by atoms with Crippen LogP contribution in [0.15, 0.2) is 0 Å². The van der Waals surface area contributed by atoms with Gasteiger partial charge in [0.05, 0.1) is 45.0 Å². The molecule has 7 amide bonds. The van der Waals surface area contributed by atoms with Crippen molar-refractivity contribution in [3.05, 3.63) is 0 Å². The second-order valence-electron chi connectivity index (χ2n) is 11.5. The van der Waals surface area contributed by atoms with E-state index in [4.69, 9.17) is 47.3 Å². The predicted octanol–water partition coefficient (Wildman–Crippen LogP) is -3.08. The van der Waals surface area contributed by atoms with Crippen molar-refractivity contribution >= 4 is 92.4 Å². The zero-order valence-electron chi connectivity index (χ0n) is 31.3. The minimum atomic E-state index is -1.33. The highest BCUT2D eigenvalue weighted by Gasteiger charge is 2.27. The van der Waals surface area contributed by atoms with Crippen LogP contribution < -0.4 is 31.9 Å². The van der Waals surface area contributed by atoms with Crippen molar-refractivity contribution in [3.63, 3.8) is 0 Å². The number of alkyl halides is 3. The Balaban J connectivity index is 4.52. The smallest absolute Gasteiger partial charge is 0.326 e. The van der Waals surface area contributed by atoms with E-state index in [1.807, 2.05) is 0 Å². The van der Waals surface area contributed by atoms with Gasteiger partial charge in [0, 0.05) is 52.1 Å². The third-order valence-corrected chi connectivity index (χ3v) is 8.00. The summed E-state index contributed by atoms with van der Waals surface area (Å²) in [5.41, 5.74) is 0. The maximum atomic E-state index is 13.3. The zero-order chi connectivity index (χ0) is 42.8. The van der Waals surface area contributed by atoms with E-state index in [0.29, 0.717) is 6.54 Å². The van der Waals surface area contributed by atoms with Crippen molar-refractivity contribution in [3.8, 4) is 0 Å². The summed E-state index contributed by atoms with van der Waals surface area (Å²) >= 11 is 14.0. The number of nitrogens with zero attached hydrogens (tertiary/aromatic N) is 1. The Morgan fingerprint density at radius 3 is 1.44 bits per heavy atom. The molecule has 0 radical (unpaired) electrons. The summed E-state index contributed by atoms with van der Waals surface area (Å²) in [6.07, 6.45) is -1.10. The summed E-state index contributed by atoms with van der Waals surface area (Å²) < 4.78 is 21.0. The molecule has 0 aromatic rings. The number of halogens is 3. The molecule has 0 spiro atoms. The van der Waals surface area contributed by atoms with Crippen LogP contribution in [0.25, 0.3) is 0 Å². The average molecular weight is 926 g/mol. The van der Waals surface area contributed by atoms with Crippen LogP contribution in [0, 0.1) is 0 Å². The highest BCUT2D eigenvalue weighted by Crippen LogP contribution is 2.05. The molecule has 25 heteroatoms. The summed E-state index contributed by atoms with van der Waals surface area (Å²) in [7, 11) is 0. The topological polar surface area (TPSA) is 306 Å². The summed E-state index contributed by atoms with van der Waals surface area (Å²) in [6, 6.07) is -2.60. The SMILES string of the molecule is O=C(O)CCC(NC(=O)COCCOCCNC(=O)CCC(NC(=O)COCCOCCNC(=O)CBr)C(=O)O)C(=O)N(CCNC(=O)CCl)CCNC(=O)CCl. The highest BCUT2D eigenvalue weighted by molar-refractivity contribution is 9.09. The van der Waals surface area contributed by atoms with Crippen LogP contribution in [-0.4, -0.2) is 190 Å². The molecule has 22 nitrogen and oxygen atoms in total. The van der Waals surface area contributed by atoms with Gasteiger partial charge >= 0.3 is 11.9 Å². The maximum absolute atomic E-state index is 13.3. The molecule has 0 rings (SSSR count). The first kappa shape index (κ1) is 53.1. The second kappa shape index (κ2) is 34.2. The summed E-state index contributed by atoms with van der Waals surface area (Å²) in [6.45, 7) is -0.177. The minimum Gasteiger partial charge on any atom is -0.481 e. The monoisotopic (exact) mass is 923 g/mol. The van der Waals surface area contributed by atoms with Crippen LogP contribution in [-0.2, 0) is 62.1 Å². The molecular formula is C32H52BrCl2N7O15. The molecule has 57 heavy (non-hydrogen) atoms. The van der Waals surface area contributed by atoms with Gasteiger partial charge in [-0.05, 0) is 12.8 Å². The Labute approximate surface area is 347 Å². The molecule has 0 fully saturated rings. The summed E-state index contributed by atoms with van der Waals surface area (Å²) in [4.78, 5) is 108. The molecule has 2 unspecified atom stereocenters. The normalized spacial score (nSPS) is 11.7. The van der Waals surface area contributed by atoms with E-state index >= 15 is 0 Å². The van der Waals surface area contributed by atoms with Crippen molar-refractivity contribution in [2.24, 2.45) is 0 Å². The third-order valence-electron chi connectivity index (χ3n) is 7.00. The predicted molar refractivity (Wildman–Crippen MR) is 205 cm³/mol. The number of rotatable bonds is 35. The number of aliphatic carboxylic acids is 2. The van der Waals surface area contributed by atoms with E-state index in [1.54, 1.807) is 0 Å². The number of carbonyl (C=O) groups excluding carboxylic acids is 7. The van der Waals surface area contributed by atoms with Crippen molar-refractivity contribution in [2.75, 3.05) is 109 Å². The molecule has 0 saturated carbocycles. The quantitative estimate of drug-likeness (QED) is 0.0231. The van der Waals surface area contributed by atoms with E-state index in [0.717, 1.165) is 0 Å². The molecule has 0 aliphatic rings. The lowest BCUT2D eigenvalue weighted by Crippen LogP contribution is -2.52. The lowest BCUT2D eigenvalue weighted by Gasteiger charge is -2.28. The molecule has 2 atom stereocenters. The van der Waals surface area contributed by atoms with E-state index in [-0.39, 0.29) is 115 Å². The van der Waals surface area contributed by atoms with Gasteiger partial charge in [0.2, 0.25) is 41.4 Å². The van der Waals surface area contributed by atoms with Gasteiger partial charge in [-0.1, -0.05) is 15.9 Å². The fourth-order valence-corrected chi connectivity index (χ4v) is 4.66. The summed E-state index contributed by atoms with van der Waals surface area (Å²) in [5.74, 6) is -6.87. The number of carbonyl (C=O) groups is 9. The van der Waals surface area contributed by atoms with Gasteiger partial charge in [-0.2, -0.15) is 0 Å². The van der Waals surface area contributed by atoms with Crippen LogP contribution in [0.3, 0.4) is 0 Å². The van der Waals surface area contributed by atoms with Crippen LogP contribution in [0.2, 0.25) is 0 Å². The Bertz CT molecular complexity index is 1270. The van der Waals surface area contributed by atoms with Gasteiger partial charge in [-0.25, -0.2) is 4.79 Å². The van der Waals surface area contributed by atoms with Gasteiger partial charge in [-0.3, -0.25) is 38.4 Å². The molecule has 0 saturated heterocycles. The molecule has 0 aromatic carbocycles. The number of nitrogens with one attached hydrogen (secondary N) is 6. The Kier molecular flexibility index (Phi) is 31.9. The van der Waals surface area contributed by atoms with Crippen molar-refractivity contribution in [2.45, 2.75) is 37.8 Å². The summed E-state index contributed by atoms with van der Waals surface area (Å²) in [5, 5.41) is 33.6. The average Bonchev–Trinajstić information content (AvgIpc) is 3.18. The first-order valence-electron chi connectivity index (χ1n) is 17.6. The molecule has 8 N–H and O–H groups in total. The van der Waals surface area contributed by atoms with Crippen molar-refractivity contribution in [1.29, 1.82) is 0 Å². The maximum Gasteiger partial charge on any atom is 0.326 e. The van der Waals surface area contributed by atoms with E-state index in [9.17, 15) is 48.3 Å². The standard InChI is InChI=1S/C32H52BrCl2N7O15/c33-17-25(44)39-8-12-55-14-16-57-21-29(48)41-23(32(52)53)1-3-24(43)38-7-11-54-13-15-56-20-28(47)40-22(2-4-30(49)50)31(51)42(9-5-36-26(45)18-34)10-6-37-27(46)19-35/h22-23H,1-21H2,(H,36,45)(H,37,46)(H,38,43)(H,39,44)(H,40,47)(H,41,48)(H,49,50)(H,52,53). The first-order valence-corrected chi connectivity index (χ1v) is 19.8. The second-order valence-corrected chi connectivity index (χ2v) is 12.6. The zero-order valence-corrected chi connectivity index (χ0v) is 34.4. The van der Waals surface area contributed by atoms with Gasteiger partial charge in [0.25, 0.3) is 0 Å². The van der Waals surface area contributed by atoms with Crippen LogP contribution in [0.5, 0.6) is 0 Å². The molecule has 326 valence electrons. The van der Waals surface area contributed by atoms with Crippen LogP contribution >= 0.6 is 39.1 Å². The largest absolute Gasteiger partial charge is 0.481 e. The van der Waals surface area contributed by atoms with Crippen LogP contribution in [0.1, 0.15) is 25.7 Å². The fourth-order valence-electron chi connectivity index (χ4n) is 4.27. The van der Waals surface area contributed by atoms with Crippen molar-refractivity contribution < 1.29 is 72.3 Å². The first-order chi connectivity index (χ1) is 27.2. The van der Waals surface area contributed by atoms with Gasteiger partial charge in [0.1, 0.15) is 37.1 Å². The third kappa shape index (κ3) is 30.0. The van der Waals surface area contributed by atoms with Gasteiger partial charge < -0.3 is 66.0 Å². The fraction of sp³-hybridized carbons (Fsp3) is 0.719. The number of carboxylic acid groups (broad SMARTS) is 2. The molecular weight excluding hydrogens is 873 g/mol. The molecule has 0 aliphatic carbocycles. The minimum absolute atomic E-state index is 0.00319. The Morgan fingerprint density at radius 2 is 0.982 bits per heavy atom. The molecule has 0 aliphatic heterocycles. The van der Waals surface area contributed by atoms with E-state index in [2.05, 4.69) is 47.8 Å². The van der Waals surface area contributed by atoms with Gasteiger partial charge in [0.15, 0.2) is 0 Å². The number of hydrogen-bond acceptors (Lipinski definition) is 13. The van der Waals surface area contributed by atoms with E-state index in [1.165, 1.54) is 4.90 Å². The molecule has 0 heterocycles. The Hall–Kier alpha value is -3.87. The molecule has 0 bridgehead atoms. The number of ether oxygens (including phenoxy) is 4. The van der Waals surface area contributed by atoms with E-state index < -0.39 is 79.1 Å². The Morgan fingerprint density at radius 1 is 0.544 bits per heavy atom. The number of amides is 7. The lowest BCUT2D eigenvalue weighted by molar-refractivity contribution is -0.143. The van der Waals surface area contributed by atoms with Crippen LogP contribution in [0.4, 0.5) is 0 Å². The number of carboxylic acids is 2. The molecule has 0 aromatic heterocycles. The lowest BCUT2D eigenvalue weighted by atomic mass is 10.1. The highest BCUT2D eigenvalue weighted by atomic mass is 79.9.